The normalized spacial score (nSPS) is 14.6. The SMILES string of the molecule is O=[N+]([O-])c1cc(I)c(F)cc1N(CCO)C1CC1. The molecule has 1 fully saturated rings. The van der Waals surface area contributed by atoms with Gasteiger partial charge in [0.1, 0.15) is 11.5 Å². The van der Waals surface area contributed by atoms with Crippen molar-refractivity contribution in [2.75, 3.05) is 18.1 Å². The van der Waals surface area contributed by atoms with Crippen molar-refractivity contribution in [2.45, 2.75) is 18.9 Å². The van der Waals surface area contributed by atoms with Crippen LogP contribution in [0, 0.1) is 19.5 Å². The van der Waals surface area contributed by atoms with Gasteiger partial charge in [-0.05, 0) is 35.4 Å². The van der Waals surface area contributed by atoms with Gasteiger partial charge in [-0.25, -0.2) is 4.39 Å². The van der Waals surface area contributed by atoms with Gasteiger partial charge in [0, 0.05) is 24.7 Å². The number of nitro benzene ring substituents is 1. The maximum Gasteiger partial charge on any atom is 0.293 e. The van der Waals surface area contributed by atoms with Crippen molar-refractivity contribution in [3.05, 3.63) is 31.6 Å². The number of hydrogen-bond acceptors (Lipinski definition) is 4. The highest BCUT2D eigenvalue weighted by atomic mass is 127. The average molecular weight is 366 g/mol. The summed E-state index contributed by atoms with van der Waals surface area (Å²) in [5.74, 6) is -0.472. The summed E-state index contributed by atoms with van der Waals surface area (Å²) in [7, 11) is 0. The van der Waals surface area contributed by atoms with Crippen molar-refractivity contribution in [2.24, 2.45) is 0 Å². The Bertz CT molecular complexity index is 480. The van der Waals surface area contributed by atoms with Gasteiger partial charge >= 0.3 is 0 Å². The van der Waals surface area contributed by atoms with E-state index in [1.165, 1.54) is 12.1 Å². The third-order valence-electron chi connectivity index (χ3n) is 2.85. The fraction of sp³-hybridized carbons (Fsp3) is 0.455. The van der Waals surface area contributed by atoms with E-state index in [2.05, 4.69) is 0 Å². The van der Waals surface area contributed by atoms with Gasteiger partial charge in [-0.15, -0.1) is 0 Å². The number of anilines is 1. The fourth-order valence-corrected chi connectivity index (χ4v) is 2.35. The van der Waals surface area contributed by atoms with Crippen LogP contribution in [-0.2, 0) is 0 Å². The molecule has 0 saturated heterocycles. The second-order valence-corrected chi connectivity index (χ2v) is 5.32. The molecule has 1 aromatic rings. The molecule has 1 aliphatic rings. The predicted octanol–water partition coefficient (Wildman–Crippen LogP) is 2.30. The first-order chi connectivity index (χ1) is 8.54. The molecule has 0 radical (unpaired) electrons. The first-order valence-corrected chi connectivity index (χ1v) is 6.63. The lowest BCUT2D eigenvalue weighted by molar-refractivity contribution is -0.384. The van der Waals surface area contributed by atoms with Crippen molar-refractivity contribution in [3.8, 4) is 0 Å². The summed E-state index contributed by atoms with van der Waals surface area (Å²) in [5, 5.41) is 20.0. The van der Waals surface area contributed by atoms with Crippen molar-refractivity contribution in [1.29, 1.82) is 0 Å². The Balaban J connectivity index is 2.45. The van der Waals surface area contributed by atoms with Crippen LogP contribution >= 0.6 is 22.6 Å². The highest BCUT2D eigenvalue weighted by Crippen LogP contribution is 2.38. The number of hydrogen-bond donors (Lipinski definition) is 1. The Kier molecular flexibility index (Phi) is 4.00. The van der Waals surface area contributed by atoms with Crippen LogP contribution in [0.25, 0.3) is 0 Å². The van der Waals surface area contributed by atoms with Crippen molar-refractivity contribution < 1.29 is 14.4 Å². The Morgan fingerprint density at radius 2 is 2.22 bits per heavy atom. The van der Waals surface area contributed by atoms with Crippen molar-refractivity contribution >= 4 is 34.0 Å². The second kappa shape index (κ2) is 5.35. The van der Waals surface area contributed by atoms with E-state index in [9.17, 15) is 14.5 Å². The number of aliphatic hydroxyl groups excluding tert-OH is 1. The Morgan fingerprint density at radius 1 is 1.56 bits per heavy atom. The molecule has 0 spiro atoms. The van der Waals surface area contributed by atoms with Gasteiger partial charge in [-0.3, -0.25) is 10.1 Å². The van der Waals surface area contributed by atoms with Gasteiger partial charge in [0.2, 0.25) is 0 Å². The highest BCUT2D eigenvalue weighted by Gasteiger charge is 2.33. The molecule has 0 heterocycles. The van der Waals surface area contributed by atoms with E-state index in [0.29, 0.717) is 0 Å². The average Bonchev–Trinajstić information content (AvgIpc) is 3.13. The molecule has 0 aromatic heterocycles. The lowest BCUT2D eigenvalue weighted by atomic mass is 10.2. The number of benzene rings is 1. The molecule has 1 N–H and O–H groups in total. The zero-order valence-corrected chi connectivity index (χ0v) is 11.6. The van der Waals surface area contributed by atoms with Crippen molar-refractivity contribution in [1.82, 2.24) is 0 Å². The van der Waals surface area contributed by atoms with E-state index in [0.717, 1.165) is 12.8 Å². The summed E-state index contributed by atoms with van der Waals surface area (Å²) in [6.45, 7) is 0.173. The second-order valence-electron chi connectivity index (χ2n) is 4.16. The molecule has 0 atom stereocenters. The van der Waals surface area contributed by atoms with E-state index in [1.54, 1.807) is 27.5 Å². The van der Waals surface area contributed by atoms with Crippen LogP contribution in [0.5, 0.6) is 0 Å². The van der Waals surface area contributed by atoms with Crippen LogP contribution in [0.2, 0.25) is 0 Å². The number of nitro groups is 1. The Labute approximate surface area is 117 Å². The summed E-state index contributed by atoms with van der Waals surface area (Å²) in [6, 6.07) is 2.60. The van der Waals surface area contributed by atoms with Gasteiger partial charge in [0.05, 0.1) is 15.1 Å². The van der Waals surface area contributed by atoms with E-state index >= 15 is 0 Å². The minimum atomic E-state index is -0.510. The molecule has 7 heteroatoms. The van der Waals surface area contributed by atoms with Crippen LogP contribution in [0.4, 0.5) is 15.8 Å². The van der Waals surface area contributed by atoms with Gasteiger partial charge in [0.25, 0.3) is 5.69 Å². The quantitative estimate of drug-likeness (QED) is 0.494. The molecule has 18 heavy (non-hydrogen) atoms. The molecule has 0 unspecified atom stereocenters. The first-order valence-electron chi connectivity index (χ1n) is 5.55. The zero-order chi connectivity index (χ0) is 13.3. The summed E-state index contributed by atoms with van der Waals surface area (Å²) in [4.78, 5) is 12.2. The van der Waals surface area contributed by atoms with Gasteiger partial charge in [-0.1, -0.05) is 0 Å². The van der Waals surface area contributed by atoms with Gasteiger partial charge in [-0.2, -0.15) is 0 Å². The minimum Gasteiger partial charge on any atom is -0.395 e. The molecule has 5 nitrogen and oxygen atoms in total. The lowest BCUT2D eigenvalue weighted by Crippen LogP contribution is -2.29. The molecular weight excluding hydrogens is 354 g/mol. The van der Waals surface area contributed by atoms with Crippen LogP contribution in [0.3, 0.4) is 0 Å². The van der Waals surface area contributed by atoms with E-state index < -0.39 is 10.7 Å². The Hall–Kier alpha value is -0.960. The maximum atomic E-state index is 13.6. The molecular formula is C11H12FIN2O3. The first kappa shape index (κ1) is 13.5. The summed E-state index contributed by atoms with van der Waals surface area (Å²) in [5.41, 5.74) is 0.149. The third-order valence-corrected chi connectivity index (χ3v) is 3.68. The topological polar surface area (TPSA) is 66.6 Å². The zero-order valence-electron chi connectivity index (χ0n) is 9.47. The maximum absolute atomic E-state index is 13.6. The van der Waals surface area contributed by atoms with E-state index in [-0.39, 0.29) is 34.1 Å². The van der Waals surface area contributed by atoms with E-state index in [4.69, 9.17) is 5.11 Å². The molecule has 98 valence electrons. The Morgan fingerprint density at radius 3 is 2.72 bits per heavy atom. The lowest BCUT2D eigenvalue weighted by Gasteiger charge is -2.23. The molecule has 1 aromatic carbocycles. The molecule has 2 rings (SSSR count). The van der Waals surface area contributed by atoms with Crippen LogP contribution < -0.4 is 4.90 Å². The minimum absolute atomic E-state index is 0.110. The van der Waals surface area contributed by atoms with E-state index in [1.807, 2.05) is 0 Å². The predicted molar refractivity (Wildman–Crippen MR) is 73.2 cm³/mol. The third kappa shape index (κ3) is 2.72. The van der Waals surface area contributed by atoms with Crippen LogP contribution in [0.1, 0.15) is 12.8 Å². The van der Waals surface area contributed by atoms with Gasteiger partial charge < -0.3 is 10.0 Å². The fourth-order valence-electron chi connectivity index (χ4n) is 1.90. The summed E-state index contributed by atoms with van der Waals surface area (Å²) < 4.78 is 13.8. The standard InChI is InChI=1S/C11H12FIN2O3/c12-8-5-10(11(15(17)18)6-9(8)13)14(3-4-16)7-1-2-7/h5-7,16H,1-4H2. The number of halogens is 2. The van der Waals surface area contributed by atoms with Gasteiger partial charge in [0.15, 0.2) is 0 Å². The molecule has 1 saturated carbocycles. The molecule has 0 aliphatic heterocycles. The van der Waals surface area contributed by atoms with Crippen LogP contribution in [-0.4, -0.2) is 29.2 Å². The number of aliphatic hydroxyl groups is 1. The number of nitrogens with zero attached hydrogens (tertiary/aromatic N) is 2. The van der Waals surface area contributed by atoms with Crippen LogP contribution in [0.15, 0.2) is 12.1 Å². The monoisotopic (exact) mass is 366 g/mol. The van der Waals surface area contributed by atoms with Crippen molar-refractivity contribution in [3.63, 3.8) is 0 Å². The molecule has 1 aliphatic carbocycles. The summed E-state index contributed by atoms with van der Waals surface area (Å²) >= 11 is 1.73. The number of rotatable bonds is 5. The smallest absolute Gasteiger partial charge is 0.293 e. The summed E-state index contributed by atoms with van der Waals surface area (Å²) in [6.07, 6.45) is 1.84. The largest absolute Gasteiger partial charge is 0.395 e. The molecule has 0 amide bonds. The highest BCUT2D eigenvalue weighted by molar-refractivity contribution is 14.1. The molecule has 0 bridgehead atoms.